The van der Waals surface area contributed by atoms with Gasteiger partial charge in [-0.2, -0.15) is 0 Å². The molecular formula is C11H18N2O3. The average Bonchev–Trinajstić information content (AvgIpc) is 2.74. The zero-order chi connectivity index (χ0) is 11.8. The maximum Gasteiger partial charge on any atom is 0.325 e. The van der Waals surface area contributed by atoms with Crippen molar-refractivity contribution in [3.05, 3.63) is 0 Å². The fourth-order valence-electron chi connectivity index (χ4n) is 2.51. The average molecular weight is 226 g/mol. The maximum atomic E-state index is 12.1. The van der Waals surface area contributed by atoms with Crippen molar-refractivity contribution in [3.63, 3.8) is 0 Å². The van der Waals surface area contributed by atoms with Gasteiger partial charge in [0.25, 0.3) is 5.91 Å². The number of aliphatic hydroxyl groups is 1. The molecule has 2 rings (SSSR count). The number of rotatable bonds is 3. The van der Waals surface area contributed by atoms with E-state index in [2.05, 4.69) is 5.32 Å². The Balaban J connectivity index is 2.05. The Morgan fingerprint density at radius 3 is 2.62 bits per heavy atom. The smallest absolute Gasteiger partial charge is 0.325 e. The van der Waals surface area contributed by atoms with Crippen LogP contribution in [0.1, 0.15) is 39.0 Å². The van der Waals surface area contributed by atoms with E-state index in [-0.39, 0.29) is 11.9 Å². The van der Waals surface area contributed by atoms with Crippen LogP contribution in [-0.2, 0) is 4.79 Å². The largest absolute Gasteiger partial charge is 0.393 e. The molecule has 3 amide bonds. The molecule has 1 unspecified atom stereocenters. The number of carbonyl (C=O) groups excluding carboxylic acids is 2. The molecular weight excluding hydrogens is 208 g/mol. The minimum atomic E-state index is -0.615. The lowest BCUT2D eigenvalue weighted by atomic mass is 9.98. The van der Waals surface area contributed by atoms with Gasteiger partial charge < -0.3 is 10.4 Å². The van der Waals surface area contributed by atoms with E-state index in [1.165, 1.54) is 4.90 Å². The molecule has 1 aliphatic heterocycles. The van der Waals surface area contributed by atoms with E-state index >= 15 is 0 Å². The van der Waals surface area contributed by atoms with Crippen molar-refractivity contribution >= 4 is 11.9 Å². The van der Waals surface area contributed by atoms with Crippen molar-refractivity contribution in [2.75, 3.05) is 6.54 Å². The number of hydrogen-bond donors (Lipinski definition) is 2. The summed E-state index contributed by atoms with van der Waals surface area (Å²) in [5.74, 6) is -0.101. The van der Waals surface area contributed by atoms with Crippen LogP contribution in [0.5, 0.6) is 0 Å². The molecule has 5 nitrogen and oxygen atoms in total. The third-order valence-corrected chi connectivity index (χ3v) is 3.47. The fourth-order valence-corrected chi connectivity index (χ4v) is 2.51. The first-order chi connectivity index (χ1) is 7.55. The number of nitrogens with zero attached hydrogens (tertiary/aromatic N) is 1. The molecule has 5 heteroatoms. The van der Waals surface area contributed by atoms with E-state index < -0.39 is 11.6 Å². The van der Waals surface area contributed by atoms with Crippen LogP contribution in [0, 0.1) is 0 Å². The Labute approximate surface area is 94.8 Å². The minimum Gasteiger partial charge on any atom is -0.393 e. The van der Waals surface area contributed by atoms with Gasteiger partial charge in [-0.3, -0.25) is 9.69 Å². The number of hydrogen-bond acceptors (Lipinski definition) is 3. The minimum absolute atomic E-state index is 0.101. The molecule has 1 saturated heterocycles. The quantitative estimate of drug-likeness (QED) is 0.693. The van der Waals surface area contributed by atoms with Crippen LogP contribution < -0.4 is 5.32 Å². The molecule has 0 aromatic heterocycles. The molecule has 90 valence electrons. The zero-order valence-corrected chi connectivity index (χ0v) is 9.53. The van der Waals surface area contributed by atoms with E-state index in [1.54, 1.807) is 6.92 Å². The number of nitrogens with one attached hydrogen (secondary N) is 1. The molecule has 2 aliphatic rings. The van der Waals surface area contributed by atoms with Gasteiger partial charge in [0.15, 0.2) is 0 Å². The topological polar surface area (TPSA) is 69.6 Å². The van der Waals surface area contributed by atoms with Crippen LogP contribution in [-0.4, -0.2) is 40.1 Å². The molecule has 0 aromatic carbocycles. The molecule has 16 heavy (non-hydrogen) atoms. The monoisotopic (exact) mass is 226 g/mol. The Kier molecular flexibility index (Phi) is 2.88. The summed E-state index contributed by atoms with van der Waals surface area (Å²) >= 11 is 0. The number of urea groups is 1. The van der Waals surface area contributed by atoms with Crippen LogP contribution >= 0.6 is 0 Å². The first kappa shape index (κ1) is 11.4. The highest BCUT2D eigenvalue weighted by Gasteiger charge is 2.52. The van der Waals surface area contributed by atoms with Gasteiger partial charge in [0.1, 0.15) is 5.54 Å². The van der Waals surface area contributed by atoms with Gasteiger partial charge in [-0.15, -0.1) is 0 Å². The summed E-state index contributed by atoms with van der Waals surface area (Å²) in [7, 11) is 0. The number of imide groups is 1. The fraction of sp³-hybridized carbons (Fsp3) is 0.818. The second-order valence-electron chi connectivity index (χ2n) is 4.81. The van der Waals surface area contributed by atoms with E-state index in [9.17, 15) is 14.7 Å². The molecule has 1 atom stereocenters. The van der Waals surface area contributed by atoms with E-state index in [0.717, 1.165) is 25.7 Å². The predicted molar refractivity (Wildman–Crippen MR) is 57.7 cm³/mol. The summed E-state index contributed by atoms with van der Waals surface area (Å²) in [6.07, 6.45) is 3.45. The second-order valence-corrected chi connectivity index (χ2v) is 4.81. The van der Waals surface area contributed by atoms with E-state index in [0.29, 0.717) is 13.0 Å². The summed E-state index contributed by atoms with van der Waals surface area (Å²) in [4.78, 5) is 25.0. The lowest BCUT2D eigenvalue weighted by Gasteiger charge is -2.20. The van der Waals surface area contributed by atoms with Gasteiger partial charge in [-0.1, -0.05) is 12.8 Å². The van der Waals surface area contributed by atoms with Gasteiger partial charge in [-0.25, -0.2) is 4.79 Å². The molecule has 0 bridgehead atoms. The van der Waals surface area contributed by atoms with Gasteiger partial charge in [0.2, 0.25) is 0 Å². The predicted octanol–water partition coefficient (Wildman–Crippen LogP) is 0.622. The third kappa shape index (κ3) is 1.80. The summed E-state index contributed by atoms with van der Waals surface area (Å²) in [5.41, 5.74) is -0.615. The van der Waals surface area contributed by atoms with Gasteiger partial charge in [0.05, 0.1) is 6.10 Å². The summed E-state index contributed by atoms with van der Waals surface area (Å²) in [6.45, 7) is 1.97. The summed E-state index contributed by atoms with van der Waals surface area (Å²) in [6, 6.07) is -0.299. The highest BCUT2D eigenvalue weighted by Crippen LogP contribution is 2.34. The molecule has 2 N–H and O–H groups in total. The van der Waals surface area contributed by atoms with Gasteiger partial charge >= 0.3 is 6.03 Å². The van der Waals surface area contributed by atoms with Crippen LogP contribution in [0.15, 0.2) is 0 Å². The molecule has 0 aromatic rings. The van der Waals surface area contributed by atoms with Gasteiger partial charge in [0, 0.05) is 6.54 Å². The number of carbonyl (C=O) groups is 2. The van der Waals surface area contributed by atoms with Crippen molar-refractivity contribution in [1.82, 2.24) is 10.2 Å². The molecule has 1 aliphatic carbocycles. The van der Waals surface area contributed by atoms with E-state index in [1.807, 2.05) is 0 Å². The molecule has 1 heterocycles. The Hall–Kier alpha value is -1.10. The number of amides is 3. The lowest BCUT2D eigenvalue weighted by molar-refractivity contribution is -0.131. The third-order valence-electron chi connectivity index (χ3n) is 3.47. The van der Waals surface area contributed by atoms with Gasteiger partial charge in [-0.05, 0) is 26.2 Å². The SMILES string of the molecule is CC(O)CCN1C(=O)NC2(CCCC2)C1=O. The first-order valence-corrected chi connectivity index (χ1v) is 5.87. The zero-order valence-electron chi connectivity index (χ0n) is 9.53. The lowest BCUT2D eigenvalue weighted by Crippen LogP contribution is -2.44. The van der Waals surface area contributed by atoms with Crippen molar-refractivity contribution in [2.45, 2.75) is 50.7 Å². The van der Waals surface area contributed by atoms with Crippen LogP contribution in [0.4, 0.5) is 4.79 Å². The Morgan fingerprint density at radius 1 is 1.44 bits per heavy atom. The molecule has 1 spiro atoms. The second kappa shape index (κ2) is 4.05. The highest BCUT2D eigenvalue weighted by molar-refractivity contribution is 6.07. The molecule has 0 radical (unpaired) electrons. The van der Waals surface area contributed by atoms with Crippen LogP contribution in [0.2, 0.25) is 0 Å². The van der Waals surface area contributed by atoms with E-state index in [4.69, 9.17) is 0 Å². The summed E-state index contributed by atoms with van der Waals surface area (Å²) in [5, 5.41) is 12.0. The standard InChI is InChI=1S/C11H18N2O3/c1-8(14)4-7-13-9(15)11(12-10(13)16)5-2-3-6-11/h8,14H,2-7H2,1H3,(H,12,16). The van der Waals surface area contributed by atoms with Crippen LogP contribution in [0.25, 0.3) is 0 Å². The Morgan fingerprint density at radius 2 is 2.06 bits per heavy atom. The highest BCUT2D eigenvalue weighted by atomic mass is 16.3. The number of aliphatic hydroxyl groups excluding tert-OH is 1. The molecule has 2 fully saturated rings. The molecule has 1 saturated carbocycles. The normalized spacial score (nSPS) is 25.2. The maximum absolute atomic E-state index is 12.1. The van der Waals surface area contributed by atoms with Crippen molar-refractivity contribution in [1.29, 1.82) is 0 Å². The first-order valence-electron chi connectivity index (χ1n) is 5.87. The van der Waals surface area contributed by atoms with Crippen molar-refractivity contribution in [2.24, 2.45) is 0 Å². The Bertz CT molecular complexity index is 308. The van der Waals surface area contributed by atoms with Crippen molar-refractivity contribution in [3.8, 4) is 0 Å². The summed E-state index contributed by atoms with van der Waals surface area (Å²) < 4.78 is 0. The van der Waals surface area contributed by atoms with Crippen LogP contribution in [0.3, 0.4) is 0 Å². The van der Waals surface area contributed by atoms with Crippen molar-refractivity contribution < 1.29 is 14.7 Å².